The number of hydrogen-bond donors (Lipinski definition) is 2. The summed E-state index contributed by atoms with van der Waals surface area (Å²) in [6, 6.07) is 5.95. The number of nitrogens with zero attached hydrogens (tertiary/aromatic N) is 2. The van der Waals surface area contributed by atoms with E-state index in [2.05, 4.69) is 5.32 Å². The Labute approximate surface area is 121 Å². The molecule has 7 heteroatoms. The van der Waals surface area contributed by atoms with E-state index in [9.17, 15) is 14.9 Å². The van der Waals surface area contributed by atoms with Gasteiger partial charge in [0.05, 0.1) is 22.6 Å². The maximum absolute atomic E-state index is 10.9. The van der Waals surface area contributed by atoms with Crippen LogP contribution in [0.25, 0.3) is 0 Å². The summed E-state index contributed by atoms with van der Waals surface area (Å²) in [5.74, 6) is -0.833. The van der Waals surface area contributed by atoms with Crippen LogP contribution in [0.1, 0.15) is 31.2 Å². The first-order chi connectivity index (χ1) is 9.96. The highest BCUT2D eigenvalue weighted by Gasteiger charge is 2.38. The number of nitro benzene ring substituents is 1. The fraction of sp³-hybridized carbons (Fsp3) is 0.429. The maximum Gasteiger partial charge on any atom is 0.303 e. The summed E-state index contributed by atoms with van der Waals surface area (Å²) in [7, 11) is 0. The van der Waals surface area contributed by atoms with Crippen LogP contribution < -0.4 is 5.32 Å². The number of nitrogens with one attached hydrogen (secondary N) is 1. The van der Waals surface area contributed by atoms with Crippen LogP contribution in [0.2, 0.25) is 0 Å². The third kappa shape index (κ3) is 3.28. The van der Waals surface area contributed by atoms with E-state index < -0.39 is 10.9 Å². The first kappa shape index (κ1) is 14.8. The highest BCUT2D eigenvalue weighted by Crippen LogP contribution is 2.44. The second kappa shape index (κ2) is 5.79. The Morgan fingerprint density at radius 2 is 2.24 bits per heavy atom. The zero-order valence-corrected chi connectivity index (χ0v) is 11.3. The molecule has 0 amide bonds. The molecule has 7 nitrogen and oxygen atoms in total. The Balaban J connectivity index is 2.11. The van der Waals surface area contributed by atoms with E-state index >= 15 is 0 Å². The molecule has 2 rings (SSSR count). The summed E-state index contributed by atoms with van der Waals surface area (Å²) in [6.07, 6.45) is 2.76. The highest BCUT2D eigenvalue weighted by atomic mass is 16.6. The zero-order valence-electron chi connectivity index (χ0n) is 11.3. The first-order valence-corrected chi connectivity index (χ1v) is 6.60. The summed E-state index contributed by atoms with van der Waals surface area (Å²) < 4.78 is 0. The summed E-state index contributed by atoms with van der Waals surface area (Å²) in [5.41, 5.74) is 0.273. The summed E-state index contributed by atoms with van der Waals surface area (Å²) >= 11 is 0. The van der Waals surface area contributed by atoms with Crippen LogP contribution in [0, 0.1) is 26.9 Å². The molecule has 0 aromatic heterocycles. The number of rotatable bonds is 6. The zero-order chi connectivity index (χ0) is 15.5. The number of carboxylic acid groups (broad SMARTS) is 1. The molecule has 1 aromatic rings. The van der Waals surface area contributed by atoms with E-state index in [-0.39, 0.29) is 23.1 Å². The van der Waals surface area contributed by atoms with E-state index in [1.807, 2.05) is 6.07 Å². The largest absolute Gasteiger partial charge is 0.481 e. The maximum atomic E-state index is 10.9. The van der Waals surface area contributed by atoms with Gasteiger partial charge in [-0.1, -0.05) is 6.42 Å². The fourth-order valence-corrected chi connectivity index (χ4v) is 2.59. The minimum atomic E-state index is -0.833. The SMILES string of the molecule is N#Cc1cc([N+](=O)[O-])ccc1NCC1(CC(=O)O)CCC1. The van der Waals surface area contributed by atoms with Crippen LogP contribution in [-0.2, 0) is 4.79 Å². The van der Waals surface area contributed by atoms with Gasteiger partial charge in [0.25, 0.3) is 5.69 Å². The molecule has 0 unspecified atom stereocenters. The summed E-state index contributed by atoms with van der Waals surface area (Å²) in [4.78, 5) is 21.0. The molecule has 0 heterocycles. The number of nitro groups is 1. The molecule has 1 aliphatic carbocycles. The van der Waals surface area contributed by atoms with Gasteiger partial charge in [0.2, 0.25) is 0 Å². The number of carboxylic acids is 1. The predicted molar refractivity (Wildman–Crippen MR) is 74.8 cm³/mol. The molecule has 0 radical (unpaired) electrons. The monoisotopic (exact) mass is 289 g/mol. The topological polar surface area (TPSA) is 116 Å². The lowest BCUT2D eigenvalue weighted by molar-refractivity contribution is -0.384. The van der Waals surface area contributed by atoms with Crippen LogP contribution in [0.5, 0.6) is 0 Å². The smallest absolute Gasteiger partial charge is 0.303 e. The predicted octanol–water partition coefficient (Wildman–Crippen LogP) is 2.52. The van der Waals surface area contributed by atoms with E-state index in [0.717, 1.165) is 19.3 Å². The highest BCUT2D eigenvalue weighted by molar-refractivity contribution is 5.68. The van der Waals surface area contributed by atoms with Crippen molar-refractivity contribution >= 4 is 17.3 Å². The van der Waals surface area contributed by atoms with Crippen molar-refractivity contribution in [1.82, 2.24) is 0 Å². The van der Waals surface area contributed by atoms with Crippen molar-refractivity contribution in [2.45, 2.75) is 25.7 Å². The molecule has 21 heavy (non-hydrogen) atoms. The van der Waals surface area contributed by atoms with Crippen LogP contribution >= 0.6 is 0 Å². The number of carbonyl (C=O) groups is 1. The van der Waals surface area contributed by atoms with Crippen LogP contribution in [0.3, 0.4) is 0 Å². The third-order valence-electron chi connectivity index (χ3n) is 3.93. The van der Waals surface area contributed by atoms with E-state index in [0.29, 0.717) is 12.2 Å². The fourth-order valence-electron chi connectivity index (χ4n) is 2.59. The molecule has 110 valence electrons. The number of nitriles is 1. The number of hydrogen-bond acceptors (Lipinski definition) is 5. The molecular weight excluding hydrogens is 274 g/mol. The van der Waals surface area contributed by atoms with Crippen molar-refractivity contribution in [1.29, 1.82) is 5.26 Å². The number of non-ortho nitro benzene ring substituents is 1. The number of benzene rings is 1. The van der Waals surface area contributed by atoms with Gasteiger partial charge in [-0.05, 0) is 24.3 Å². The summed E-state index contributed by atoms with van der Waals surface area (Å²) in [6.45, 7) is 0.450. The molecule has 1 fully saturated rings. The molecule has 2 N–H and O–H groups in total. The van der Waals surface area contributed by atoms with Crippen LogP contribution in [-0.4, -0.2) is 22.5 Å². The van der Waals surface area contributed by atoms with Crippen molar-refractivity contribution in [3.05, 3.63) is 33.9 Å². The standard InChI is InChI=1S/C14H15N3O4/c15-8-10-6-11(17(20)21)2-3-12(10)16-9-14(4-1-5-14)7-13(18)19/h2-3,6,16H,1,4-5,7,9H2,(H,18,19). The second-order valence-corrected chi connectivity index (χ2v) is 5.38. The molecule has 1 aliphatic rings. The Morgan fingerprint density at radius 1 is 1.52 bits per heavy atom. The van der Waals surface area contributed by atoms with Gasteiger partial charge in [-0.15, -0.1) is 0 Å². The van der Waals surface area contributed by atoms with Gasteiger partial charge in [-0.25, -0.2) is 0 Å². The normalized spacial score (nSPS) is 15.6. The van der Waals surface area contributed by atoms with E-state index in [1.54, 1.807) is 0 Å². The molecule has 0 spiro atoms. The molecule has 0 bridgehead atoms. The van der Waals surface area contributed by atoms with Crippen molar-refractivity contribution < 1.29 is 14.8 Å². The lowest BCUT2D eigenvalue weighted by Crippen LogP contribution is -2.38. The van der Waals surface area contributed by atoms with Gasteiger partial charge in [-0.3, -0.25) is 14.9 Å². The second-order valence-electron chi connectivity index (χ2n) is 5.38. The van der Waals surface area contributed by atoms with Gasteiger partial charge >= 0.3 is 5.97 Å². The van der Waals surface area contributed by atoms with E-state index in [1.165, 1.54) is 18.2 Å². The van der Waals surface area contributed by atoms with Crippen molar-refractivity contribution in [3.8, 4) is 6.07 Å². The molecular formula is C14H15N3O4. The number of anilines is 1. The van der Waals surface area contributed by atoms with E-state index in [4.69, 9.17) is 10.4 Å². The number of aliphatic carboxylic acids is 1. The van der Waals surface area contributed by atoms with Crippen molar-refractivity contribution in [2.75, 3.05) is 11.9 Å². The molecule has 1 saturated carbocycles. The molecule has 1 aromatic carbocycles. The minimum Gasteiger partial charge on any atom is -0.481 e. The van der Waals surface area contributed by atoms with Gasteiger partial charge in [0.1, 0.15) is 6.07 Å². The van der Waals surface area contributed by atoms with Crippen LogP contribution in [0.15, 0.2) is 18.2 Å². The lowest BCUT2D eigenvalue weighted by atomic mass is 9.66. The Hall–Kier alpha value is -2.62. The Bertz CT molecular complexity index is 617. The summed E-state index contributed by atoms with van der Waals surface area (Å²) in [5, 5.41) is 31.8. The molecule has 0 saturated heterocycles. The van der Waals surface area contributed by atoms with Gasteiger partial charge in [-0.2, -0.15) is 5.26 Å². The third-order valence-corrected chi connectivity index (χ3v) is 3.93. The minimum absolute atomic E-state index is 0.0921. The molecule has 0 aliphatic heterocycles. The van der Waals surface area contributed by atoms with Gasteiger partial charge in [0, 0.05) is 18.7 Å². The Morgan fingerprint density at radius 3 is 2.71 bits per heavy atom. The Kier molecular flexibility index (Phi) is 4.08. The lowest BCUT2D eigenvalue weighted by Gasteiger charge is -2.41. The van der Waals surface area contributed by atoms with Crippen LogP contribution in [0.4, 0.5) is 11.4 Å². The quantitative estimate of drug-likeness (QED) is 0.614. The first-order valence-electron chi connectivity index (χ1n) is 6.60. The average molecular weight is 289 g/mol. The van der Waals surface area contributed by atoms with Crippen molar-refractivity contribution in [2.24, 2.45) is 5.41 Å². The van der Waals surface area contributed by atoms with Crippen molar-refractivity contribution in [3.63, 3.8) is 0 Å². The van der Waals surface area contributed by atoms with Gasteiger partial charge < -0.3 is 10.4 Å². The molecule has 0 atom stereocenters. The van der Waals surface area contributed by atoms with Gasteiger partial charge in [0.15, 0.2) is 0 Å². The average Bonchev–Trinajstić information content (AvgIpc) is 2.40.